The number of benzene rings is 1. The minimum Gasteiger partial charge on any atom is -0.389 e. The van der Waals surface area contributed by atoms with E-state index in [2.05, 4.69) is 10.3 Å². The fraction of sp³-hybridized carbons (Fsp3) is 0.381. The molecule has 0 saturated carbocycles. The number of amides is 2. The van der Waals surface area contributed by atoms with Crippen LogP contribution in [0.2, 0.25) is 0 Å². The number of aliphatic hydroxyl groups is 1. The predicted octanol–water partition coefficient (Wildman–Crippen LogP) is 2.24. The van der Waals surface area contributed by atoms with Gasteiger partial charge in [-0.1, -0.05) is 32.9 Å². The SMILES string of the molecule is CC(C)(C)C(=O)N1CC(NC(=O)c2ccc(-c3cccc(F)c3)nc2)[C@@H](O)C1. The van der Waals surface area contributed by atoms with Gasteiger partial charge in [0.1, 0.15) is 5.82 Å². The van der Waals surface area contributed by atoms with Gasteiger partial charge in [0.05, 0.1) is 23.4 Å². The predicted molar refractivity (Wildman–Crippen MR) is 103 cm³/mol. The quantitative estimate of drug-likeness (QED) is 0.849. The van der Waals surface area contributed by atoms with Gasteiger partial charge in [-0.3, -0.25) is 14.6 Å². The lowest BCUT2D eigenvalue weighted by Gasteiger charge is -2.25. The second kappa shape index (κ2) is 7.67. The summed E-state index contributed by atoms with van der Waals surface area (Å²) in [6, 6.07) is 8.76. The molecule has 1 fully saturated rings. The molecule has 6 nitrogen and oxygen atoms in total. The Labute approximate surface area is 163 Å². The molecule has 1 aromatic heterocycles. The van der Waals surface area contributed by atoms with E-state index in [1.54, 1.807) is 29.2 Å². The topological polar surface area (TPSA) is 82.5 Å². The van der Waals surface area contributed by atoms with Crippen LogP contribution < -0.4 is 5.32 Å². The normalized spacial score (nSPS) is 19.5. The van der Waals surface area contributed by atoms with Crippen molar-refractivity contribution in [1.29, 1.82) is 0 Å². The average Bonchev–Trinajstić information content (AvgIpc) is 3.00. The molecule has 1 aliphatic rings. The number of aromatic nitrogens is 1. The van der Waals surface area contributed by atoms with E-state index in [-0.39, 0.29) is 30.7 Å². The molecule has 2 aromatic rings. The Kier molecular flexibility index (Phi) is 5.47. The van der Waals surface area contributed by atoms with E-state index in [4.69, 9.17) is 0 Å². The maximum Gasteiger partial charge on any atom is 0.253 e. The molecule has 0 aliphatic carbocycles. The molecule has 28 heavy (non-hydrogen) atoms. The van der Waals surface area contributed by atoms with Crippen molar-refractivity contribution in [2.24, 2.45) is 5.41 Å². The minimum absolute atomic E-state index is 0.0654. The van der Waals surface area contributed by atoms with Crippen LogP contribution in [0.3, 0.4) is 0 Å². The molecule has 2 atom stereocenters. The van der Waals surface area contributed by atoms with Crippen molar-refractivity contribution in [3.63, 3.8) is 0 Å². The zero-order valence-corrected chi connectivity index (χ0v) is 16.1. The Morgan fingerprint density at radius 2 is 1.96 bits per heavy atom. The summed E-state index contributed by atoms with van der Waals surface area (Å²) < 4.78 is 13.3. The zero-order valence-electron chi connectivity index (χ0n) is 16.1. The minimum atomic E-state index is -0.824. The summed E-state index contributed by atoms with van der Waals surface area (Å²) >= 11 is 0. The van der Waals surface area contributed by atoms with Crippen molar-refractivity contribution in [2.75, 3.05) is 13.1 Å². The standard InChI is InChI=1S/C21H24FN3O3/c1-21(2,3)20(28)25-11-17(18(26)12-25)24-19(27)14-7-8-16(23-10-14)13-5-4-6-15(22)9-13/h4-10,17-18,26H,11-12H2,1-3H3,(H,24,27)/t17?,18-/m0/s1. The summed E-state index contributed by atoms with van der Waals surface area (Å²) in [6.45, 7) is 5.91. The lowest BCUT2D eigenvalue weighted by Crippen LogP contribution is -2.43. The largest absolute Gasteiger partial charge is 0.389 e. The van der Waals surface area contributed by atoms with E-state index in [9.17, 15) is 19.1 Å². The monoisotopic (exact) mass is 385 g/mol. The van der Waals surface area contributed by atoms with Crippen LogP contribution in [-0.2, 0) is 4.79 Å². The molecule has 1 unspecified atom stereocenters. The third kappa shape index (κ3) is 4.36. The van der Waals surface area contributed by atoms with E-state index in [0.29, 0.717) is 16.8 Å². The Bertz CT molecular complexity index is 877. The second-order valence-electron chi connectivity index (χ2n) is 8.05. The first kappa shape index (κ1) is 19.9. The number of rotatable bonds is 3. The van der Waals surface area contributed by atoms with Crippen molar-refractivity contribution in [3.8, 4) is 11.3 Å². The van der Waals surface area contributed by atoms with Crippen molar-refractivity contribution in [1.82, 2.24) is 15.2 Å². The van der Waals surface area contributed by atoms with E-state index in [1.165, 1.54) is 18.3 Å². The molecule has 2 N–H and O–H groups in total. The molecule has 1 aliphatic heterocycles. The van der Waals surface area contributed by atoms with Gasteiger partial charge in [0.15, 0.2) is 0 Å². The zero-order chi connectivity index (χ0) is 20.5. The van der Waals surface area contributed by atoms with Gasteiger partial charge in [0.2, 0.25) is 5.91 Å². The number of carbonyl (C=O) groups is 2. The molecule has 148 valence electrons. The average molecular weight is 385 g/mol. The van der Waals surface area contributed by atoms with Gasteiger partial charge < -0.3 is 15.3 Å². The Balaban J connectivity index is 1.66. The summed E-state index contributed by atoms with van der Waals surface area (Å²) in [5.74, 6) is -0.803. The van der Waals surface area contributed by atoms with Crippen LogP contribution in [0.25, 0.3) is 11.3 Å². The van der Waals surface area contributed by atoms with Crippen molar-refractivity contribution >= 4 is 11.8 Å². The maximum atomic E-state index is 13.3. The van der Waals surface area contributed by atoms with Crippen molar-refractivity contribution < 1.29 is 19.1 Å². The maximum absolute atomic E-state index is 13.3. The van der Waals surface area contributed by atoms with Crippen LogP contribution in [0.15, 0.2) is 42.6 Å². The fourth-order valence-electron chi connectivity index (χ4n) is 3.17. The highest BCUT2D eigenvalue weighted by molar-refractivity contribution is 5.94. The summed E-state index contributed by atoms with van der Waals surface area (Å²) in [5, 5.41) is 13.0. The Morgan fingerprint density at radius 1 is 1.21 bits per heavy atom. The van der Waals surface area contributed by atoms with Gasteiger partial charge in [0, 0.05) is 30.3 Å². The van der Waals surface area contributed by atoms with Gasteiger partial charge in [-0.25, -0.2) is 4.39 Å². The smallest absolute Gasteiger partial charge is 0.253 e. The highest BCUT2D eigenvalue weighted by atomic mass is 19.1. The fourth-order valence-corrected chi connectivity index (χ4v) is 3.17. The van der Waals surface area contributed by atoms with E-state index >= 15 is 0 Å². The molecule has 1 saturated heterocycles. The Hall–Kier alpha value is -2.80. The number of pyridine rings is 1. The molecule has 7 heteroatoms. The molecule has 3 rings (SSSR count). The lowest BCUT2D eigenvalue weighted by atomic mass is 9.95. The number of carbonyl (C=O) groups excluding carboxylic acids is 2. The van der Waals surface area contributed by atoms with E-state index in [1.807, 2.05) is 20.8 Å². The summed E-state index contributed by atoms with van der Waals surface area (Å²) in [7, 11) is 0. The van der Waals surface area contributed by atoms with Crippen LogP contribution in [0.1, 0.15) is 31.1 Å². The molecular formula is C21H24FN3O3. The van der Waals surface area contributed by atoms with Gasteiger partial charge >= 0.3 is 0 Å². The molecular weight excluding hydrogens is 361 g/mol. The molecule has 2 heterocycles. The second-order valence-corrected chi connectivity index (χ2v) is 8.05. The van der Waals surface area contributed by atoms with Crippen LogP contribution >= 0.6 is 0 Å². The van der Waals surface area contributed by atoms with E-state index in [0.717, 1.165) is 0 Å². The highest BCUT2D eigenvalue weighted by Gasteiger charge is 2.38. The number of hydrogen-bond donors (Lipinski definition) is 2. The number of aliphatic hydroxyl groups excluding tert-OH is 1. The third-order valence-electron chi connectivity index (χ3n) is 4.68. The van der Waals surface area contributed by atoms with Crippen LogP contribution in [0, 0.1) is 11.2 Å². The number of hydrogen-bond acceptors (Lipinski definition) is 4. The third-order valence-corrected chi connectivity index (χ3v) is 4.68. The number of halogens is 1. The lowest BCUT2D eigenvalue weighted by molar-refractivity contribution is -0.138. The number of nitrogens with one attached hydrogen (secondary N) is 1. The van der Waals surface area contributed by atoms with Gasteiger partial charge in [-0.2, -0.15) is 0 Å². The van der Waals surface area contributed by atoms with Crippen LogP contribution in [0.5, 0.6) is 0 Å². The first-order chi connectivity index (χ1) is 13.1. The first-order valence-corrected chi connectivity index (χ1v) is 9.15. The summed E-state index contributed by atoms with van der Waals surface area (Å²) in [4.78, 5) is 30.7. The Morgan fingerprint density at radius 3 is 2.57 bits per heavy atom. The molecule has 2 amide bonds. The highest BCUT2D eigenvalue weighted by Crippen LogP contribution is 2.22. The van der Waals surface area contributed by atoms with Crippen molar-refractivity contribution in [3.05, 3.63) is 54.0 Å². The summed E-state index contributed by atoms with van der Waals surface area (Å²) in [5.41, 5.74) is 0.955. The number of β-amino-alcohol motifs (C(OH)–C–C–N with tert-alkyl or cyclic N) is 1. The molecule has 0 spiro atoms. The number of nitrogens with zero attached hydrogens (tertiary/aromatic N) is 2. The van der Waals surface area contributed by atoms with Gasteiger partial charge in [-0.05, 0) is 24.3 Å². The first-order valence-electron chi connectivity index (χ1n) is 9.15. The summed E-state index contributed by atoms with van der Waals surface area (Å²) in [6.07, 6.45) is 0.587. The van der Waals surface area contributed by atoms with Crippen molar-refractivity contribution in [2.45, 2.75) is 32.9 Å². The van der Waals surface area contributed by atoms with Crippen LogP contribution in [-0.4, -0.2) is 52.0 Å². The molecule has 1 aromatic carbocycles. The van der Waals surface area contributed by atoms with Gasteiger partial charge in [0.25, 0.3) is 5.91 Å². The molecule has 0 bridgehead atoms. The van der Waals surface area contributed by atoms with Gasteiger partial charge in [-0.15, -0.1) is 0 Å². The number of likely N-dealkylation sites (tertiary alicyclic amines) is 1. The molecule has 0 radical (unpaired) electrons. The van der Waals surface area contributed by atoms with Crippen LogP contribution in [0.4, 0.5) is 4.39 Å². The van der Waals surface area contributed by atoms with E-state index < -0.39 is 17.6 Å².